The molecular weight excluding hydrogens is 272 g/mol. The fraction of sp³-hybridized carbons (Fsp3) is 0.375. The maximum Gasteiger partial charge on any atom is 0.302 e. The molecule has 1 aromatic carbocycles. The topological polar surface area (TPSA) is 61.8 Å². The van der Waals surface area contributed by atoms with Gasteiger partial charge in [-0.05, 0) is 18.6 Å². The number of esters is 1. The average Bonchev–Trinajstić information content (AvgIpc) is 2.85. The van der Waals surface area contributed by atoms with E-state index in [0.29, 0.717) is 29.1 Å². The van der Waals surface area contributed by atoms with Gasteiger partial charge in [0, 0.05) is 25.0 Å². The highest BCUT2D eigenvalue weighted by Gasteiger charge is 2.28. The van der Waals surface area contributed by atoms with Crippen molar-refractivity contribution in [2.45, 2.75) is 26.4 Å². The third-order valence-corrected chi connectivity index (χ3v) is 3.35. The number of rotatable bonds is 5. The van der Waals surface area contributed by atoms with Gasteiger partial charge in [0.1, 0.15) is 24.2 Å². The van der Waals surface area contributed by atoms with Gasteiger partial charge in [0.15, 0.2) is 5.78 Å². The zero-order valence-corrected chi connectivity index (χ0v) is 12.4. The largest absolute Gasteiger partial charge is 0.496 e. The second-order valence-electron chi connectivity index (χ2n) is 4.97. The van der Waals surface area contributed by atoms with E-state index in [-0.39, 0.29) is 24.5 Å². The SMILES string of the molecule is C=C(COC(C)=O)C1Cc2cc(C(C)=O)c(OC)cc2O1. The van der Waals surface area contributed by atoms with Crippen molar-refractivity contribution < 1.29 is 23.8 Å². The first-order valence-corrected chi connectivity index (χ1v) is 6.62. The van der Waals surface area contributed by atoms with E-state index in [1.165, 1.54) is 21.0 Å². The predicted octanol–water partition coefficient (Wildman–Crippen LogP) is 2.32. The van der Waals surface area contributed by atoms with Crippen LogP contribution in [0, 0.1) is 0 Å². The lowest BCUT2D eigenvalue weighted by atomic mass is 10.0. The highest BCUT2D eigenvalue weighted by molar-refractivity contribution is 5.97. The van der Waals surface area contributed by atoms with E-state index in [4.69, 9.17) is 14.2 Å². The smallest absolute Gasteiger partial charge is 0.302 e. The van der Waals surface area contributed by atoms with Crippen LogP contribution in [0.15, 0.2) is 24.3 Å². The first-order valence-electron chi connectivity index (χ1n) is 6.62. The second-order valence-corrected chi connectivity index (χ2v) is 4.97. The molecule has 1 aliphatic heterocycles. The van der Waals surface area contributed by atoms with Crippen molar-refractivity contribution in [3.63, 3.8) is 0 Å². The third-order valence-electron chi connectivity index (χ3n) is 3.35. The molecule has 1 atom stereocenters. The summed E-state index contributed by atoms with van der Waals surface area (Å²) in [5, 5.41) is 0. The zero-order chi connectivity index (χ0) is 15.6. The van der Waals surface area contributed by atoms with Gasteiger partial charge in [-0.15, -0.1) is 0 Å². The zero-order valence-electron chi connectivity index (χ0n) is 12.4. The number of hydrogen-bond donors (Lipinski definition) is 0. The Morgan fingerprint density at radius 3 is 2.67 bits per heavy atom. The molecule has 0 N–H and O–H groups in total. The monoisotopic (exact) mass is 290 g/mol. The van der Waals surface area contributed by atoms with Crippen LogP contribution in [0.3, 0.4) is 0 Å². The van der Waals surface area contributed by atoms with Crippen LogP contribution in [0.2, 0.25) is 0 Å². The first kappa shape index (κ1) is 15.1. The molecule has 0 spiro atoms. The summed E-state index contributed by atoms with van der Waals surface area (Å²) in [6.45, 7) is 6.87. The minimum Gasteiger partial charge on any atom is -0.496 e. The lowest BCUT2D eigenvalue weighted by Gasteiger charge is -2.13. The fourth-order valence-corrected chi connectivity index (χ4v) is 2.23. The molecule has 112 valence electrons. The number of fused-ring (bicyclic) bond motifs is 1. The van der Waals surface area contributed by atoms with E-state index in [1.54, 1.807) is 12.1 Å². The van der Waals surface area contributed by atoms with E-state index in [2.05, 4.69) is 6.58 Å². The molecule has 0 radical (unpaired) electrons. The van der Waals surface area contributed by atoms with Gasteiger partial charge in [0.2, 0.25) is 0 Å². The van der Waals surface area contributed by atoms with Gasteiger partial charge in [0.25, 0.3) is 0 Å². The van der Waals surface area contributed by atoms with Gasteiger partial charge in [-0.1, -0.05) is 6.58 Å². The minimum absolute atomic E-state index is 0.0585. The standard InChI is InChI=1S/C16H18O5/c1-9(8-20-11(3)18)14-6-12-5-13(10(2)17)16(19-4)7-15(12)21-14/h5,7,14H,1,6,8H2,2-4H3. The summed E-state index contributed by atoms with van der Waals surface area (Å²) in [5.74, 6) is 0.752. The predicted molar refractivity (Wildman–Crippen MR) is 76.9 cm³/mol. The Kier molecular flexibility index (Phi) is 4.31. The number of methoxy groups -OCH3 is 1. The molecule has 0 saturated carbocycles. The minimum atomic E-state index is -0.354. The fourth-order valence-electron chi connectivity index (χ4n) is 2.23. The Bertz CT molecular complexity index is 603. The summed E-state index contributed by atoms with van der Waals surface area (Å²) in [6.07, 6.45) is 0.339. The lowest BCUT2D eigenvalue weighted by molar-refractivity contribution is -0.140. The average molecular weight is 290 g/mol. The highest BCUT2D eigenvalue weighted by Crippen LogP contribution is 2.36. The van der Waals surface area contributed by atoms with Crippen LogP contribution < -0.4 is 9.47 Å². The van der Waals surface area contributed by atoms with Crippen LogP contribution in [-0.4, -0.2) is 31.6 Å². The number of ether oxygens (including phenoxy) is 3. The molecule has 1 aromatic rings. The molecule has 5 heteroatoms. The van der Waals surface area contributed by atoms with Gasteiger partial charge in [-0.3, -0.25) is 9.59 Å². The Morgan fingerprint density at radius 2 is 2.10 bits per heavy atom. The van der Waals surface area contributed by atoms with Crippen LogP contribution >= 0.6 is 0 Å². The quantitative estimate of drug-likeness (QED) is 0.473. The number of carbonyl (C=O) groups is 2. The van der Waals surface area contributed by atoms with E-state index >= 15 is 0 Å². The molecule has 2 rings (SSSR count). The Hall–Kier alpha value is -2.30. The number of carbonyl (C=O) groups excluding carboxylic acids is 2. The molecule has 0 saturated heterocycles. The van der Waals surface area contributed by atoms with E-state index in [9.17, 15) is 9.59 Å². The van der Waals surface area contributed by atoms with Crippen LogP contribution in [0.5, 0.6) is 11.5 Å². The number of hydrogen-bond acceptors (Lipinski definition) is 5. The molecule has 0 amide bonds. The molecule has 1 aliphatic rings. The summed E-state index contributed by atoms with van der Waals surface area (Å²) < 4.78 is 15.9. The Balaban J connectivity index is 2.17. The van der Waals surface area contributed by atoms with E-state index in [0.717, 1.165) is 5.56 Å². The van der Waals surface area contributed by atoms with Crippen molar-refractivity contribution in [2.24, 2.45) is 0 Å². The van der Waals surface area contributed by atoms with Gasteiger partial charge < -0.3 is 14.2 Å². The van der Waals surface area contributed by atoms with Crippen LogP contribution in [0.4, 0.5) is 0 Å². The molecule has 0 aliphatic carbocycles. The molecular formula is C16H18O5. The van der Waals surface area contributed by atoms with Crippen molar-refractivity contribution in [1.29, 1.82) is 0 Å². The van der Waals surface area contributed by atoms with E-state index in [1.807, 2.05) is 0 Å². The van der Waals surface area contributed by atoms with Crippen molar-refractivity contribution in [1.82, 2.24) is 0 Å². The normalized spacial score (nSPS) is 15.9. The third kappa shape index (κ3) is 3.24. The maximum absolute atomic E-state index is 11.6. The van der Waals surface area contributed by atoms with Crippen LogP contribution in [-0.2, 0) is 16.0 Å². The summed E-state index contributed by atoms with van der Waals surface area (Å²) in [6, 6.07) is 3.50. The number of ketones is 1. The van der Waals surface area contributed by atoms with Gasteiger partial charge in [-0.2, -0.15) is 0 Å². The summed E-state index contributed by atoms with van der Waals surface area (Å²) in [5.41, 5.74) is 2.14. The number of benzene rings is 1. The van der Waals surface area contributed by atoms with Crippen molar-refractivity contribution in [2.75, 3.05) is 13.7 Å². The molecule has 0 aromatic heterocycles. The second kappa shape index (κ2) is 5.99. The summed E-state index contributed by atoms with van der Waals surface area (Å²) >= 11 is 0. The van der Waals surface area contributed by atoms with Crippen LogP contribution in [0.25, 0.3) is 0 Å². The molecule has 1 heterocycles. The maximum atomic E-state index is 11.6. The Labute approximate surface area is 123 Å². The van der Waals surface area contributed by atoms with E-state index < -0.39 is 0 Å². The number of Topliss-reactive ketones (excluding diaryl/α,β-unsaturated/α-hetero) is 1. The first-order chi connectivity index (χ1) is 9.92. The Morgan fingerprint density at radius 1 is 1.38 bits per heavy atom. The molecule has 5 nitrogen and oxygen atoms in total. The molecule has 21 heavy (non-hydrogen) atoms. The summed E-state index contributed by atoms with van der Waals surface area (Å²) in [7, 11) is 1.51. The van der Waals surface area contributed by atoms with Crippen molar-refractivity contribution >= 4 is 11.8 Å². The molecule has 0 fully saturated rings. The van der Waals surface area contributed by atoms with Crippen molar-refractivity contribution in [3.8, 4) is 11.5 Å². The van der Waals surface area contributed by atoms with Gasteiger partial charge in [0.05, 0.1) is 12.7 Å². The molecule has 1 unspecified atom stereocenters. The van der Waals surface area contributed by atoms with Crippen LogP contribution in [0.1, 0.15) is 29.8 Å². The molecule has 0 bridgehead atoms. The van der Waals surface area contributed by atoms with Gasteiger partial charge in [-0.25, -0.2) is 0 Å². The van der Waals surface area contributed by atoms with Gasteiger partial charge >= 0.3 is 5.97 Å². The van der Waals surface area contributed by atoms with Crippen molar-refractivity contribution in [3.05, 3.63) is 35.4 Å². The highest BCUT2D eigenvalue weighted by atomic mass is 16.5. The summed E-state index contributed by atoms with van der Waals surface area (Å²) in [4.78, 5) is 22.4. The lowest BCUT2D eigenvalue weighted by Crippen LogP contribution is -2.20.